The predicted molar refractivity (Wildman–Crippen MR) is 116 cm³/mol. The molecule has 4 nitrogen and oxygen atoms in total. The molecule has 2 rings (SSSR count). The van der Waals surface area contributed by atoms with Crippen LogP contribution in [0, 0.1) is 6.92 Å². The summed E-state index contributed by atoms with van der Waals surface area (Å²) in [4.78, 5) is 4.35. The first-order valence-electron chi connectivity index (χ1n) is 8.29. The Morgan fingerprint density at radius 2 is 2.17 bits per heavy atom. The van der Waals surface area contributed by atoms with Crippen LogP contribution in [0.4, 0.5) is 0 Å². The van der Waals surface area contributed by atoms with Crippen LogP contribution < -0.4 is 15.4 Å². The Morgan fingerprint density at radius 3 is 2.79 bits per heavy atom. The van der Waals surface area contributed by atoms with Crippen LogP contribution in [0.3, 0.4) is 0 Å². The fourth-order valence-electron chi connectivity index (χ4n) is 3.09. The third-order valence-electron chi connectivity index (χ3n) is 4.40. The molecule has 136 valence electrons. The van der Waals surface area contributed by atoms with Crippen LogP contribution in [-0.2, 0) is 6.42 Å². The van der Waals surface area contributed by atoms with Crippen LogP contribution in [0.15, 0.2) is 23.2 Å². The molecule has 6 heteroatoms. The van der Waals surface area contributed by atoms with Gasteiger partial charge in [0.25, 0.3) is 0 Å². The highest BCUT2D eigenvalue weighted by Crippen LogP contribution is 2.28. The van der Waals surface area contributed by atoms with Gasteiger partial charge in [0, 0.05) is 24.9 Å². The van der Waals surface area contributed by atoms with Gasteiger partial charge in [0.1, 0.15) is 5.75 Å². The molecule has 1 aliphatic carbocycles. The van der Waals surface area contributed by atoms with E-state index in [1.165, 1.54) is 30.4 Å². The molecule has 1 fully saturated rings. The van der Waals surface area contributed by atoms with E-state index < -0.39 is 0 Å². The molecular formula is C18H30IN3OS. The average Bonchev–Trinajstić information content (AvgIpc) is 3.01. The molecule has 1 aromatic rings. The van der Waals surface area contributed by atoms with Gasteiger partial charge in [-0.15, -0.1) is 24.0 Å². The summed E-state index contributed by atoms with van der Waals surface area (Å²) in [6.07, 6.45) is 6.89. The minimum absolute atomic E-state index is 0. The number of thioether (sulfide) groups is 1. The Bertz CT molecular complexity index is 539. The van der Waals surface area contributed by atoms with Crippen LogP contribution in [0.25, 0.3) is 0 Å². The average molecular weight is 463 g/mol. The fraction of sp³-hybridized carbons (Fsp3) is 0.611. The van der Waals surface area contributed by atoms with Crippen molar-refractivity contribution in [3.63, 3.8) is 0 Å². The molecule has 24 heavy (non-hydrogen) atoms. The van der Waals surface area contributed by atoms with Crippen molar-refractivity contribution in [1.29, 1.82) is 0 Å². The van der Waals surface area contributed by atoms with E-state index in [9.17, 15) is 0 Å². The van der Waals surface area contributed by atoms with Crippen LogP contribution in [0.1, 0.15) is 30.4 Å². The number of nitrogens with zero attached hydrogens (tertiary/aromatic N) is 1. The molecule has 0 bridgehead atoms. The summed E-state index contributed by atoms with van der Waals surface area (Å²) in [5.41, 5.74) is 2.50. The van der Waals surface area contributed by atoms with Gasteiger partial charge in [0.15, 0.2) is 5.96 Å². The molecule has 0 amide bonds. The molecule has 0 heterocycles. The Kier molecular flexibility index (Phi) is 9.88. The lowest BCUT2D eigenvalue weighted by Gasteiger charge is -2.18. The fourth-order valence-corrected chi connectivity index (χ4v) is 3.89. The second-order valence-corrected chi connectivity index (χ2v) is 7.21. The number of guanidine groups is 1. The van der Waals surface area contributed by atoms with Gasteiger partial charge in [-0.05, 0) is 50.5 Å². The van der Waals surface area contributed by atoms with Crippen LogP contribution >= 0.6 is 35.7 Å². The minimum Gasteiger partial charge on any atom is -0.496 e. The number of halogens is 1. The SMILES string of the molecule is CN=C(NCCc1cc(C)ccc1OC)NC1CCC(SC)C1.I. The van der Waals surface area contributed by atoms with E-state index in [0.717, 1.165) is 29.9 Å². The number of rotatable bonds is 6. The van der Waals surface area contributed by atoms with Gasteiger partial charge in [0.05, 0.1) is 7.11 Å². The van der Waals surface area contributed by atoms with E-state index in [2.05, 4.69) is 40.9 Å². The molecule has 0 aliphatic heterocycles. The highest BCUT2D eigenvalue weighted by atomic mass is 127. The maximum atomic E-state index is 5.44. The summed E-state index contributed by atoms with van der Waals surface area (Å²) >= 11 is 1.98. The van der Waals surface area contributed by atoms with Gasteiger partial charge in [-0.3, -0.25) is 4.99 Å². The number of benzene rings is 1. The summed E-state index contributed by atoms with van der Waals surface area (Å²) in [6, 6.07) is 6.86. The summed E-state index contributed by atoms with van der Waals surface area (Å²) in [5, 5.41) is 7.77. The van der Waals surface area contributed by atoms with Crippen molar-refractivity contribution in [1.82, 2.24) is 10.6 Å². The molecule has 2 unspecified atom stereocenters. The van der Waals surface area contributed by atoms with Crippen molar-refractivity contribution >= 4 is 41.7 Å². The summed E-state index contributed by atoms with van der Waals surface area (Å²) in [5.74, 6) is 1.86. The third kappa shape index (κ3) is 6.35. The van der Waals surface area contributed by atoms with Crippen molar-refractivity contribution in [3.05, 3.63) is 29.3 Å². The summed E-state index contributed by atoms with van der Waals surface area (Å²) in [7, 11) is 3.56. The van der Waals surface area contributed by atoms with Gasteiger partial charge in [-0.25, -0.2) is 0 Å². The smallest absolute Gasteiger partial charge is 0.191 e. The first kappa shape index (κ1) is 21.4. The highest BCUT2D eigenvalue weighted by Gasteiger charge is 2.24. The van der Waals surface area contributed by atoms with Crippen LogP contribution in [-0.4, -0.2) is 44.2 Å². The zero-order chi connectivity index (χ0) is 16.7. The molecule has 1 aromatic carbocycles. The second-order valence-electron chi connectivity index (χ2n) is 6.08. The zero-order valence-corrected chi connectivity index (χ0v) is 18.2. The largest absolute Gasteiger partial charge is 0.496 e. The van der Waals surface area contributed by atoms with Gasteiger partial charge in [0.2, 0.25) is 0 Å². The second kappa shape index (κ2) is 11.1. The summed E-state index contributed by atoms with van der Waals surface area (Å²) in [6.45, 7) is 2.96. The topological polar surface area (TPSA) is 45.7 Å². The quantitative estimate of drug-likeness (QED) is 0.385. The third-order valence-corrected chi connectivity index (χ3v) is 5.50. The molecule has 0 radical (unpaired) electrons. The lowest BCUT2D eigenvalue weighted by molar-refractivity contribution is 0.409. The molecule has 0 spiro atoms. The molecule has 1 aliphatic rings. The first-order valence-corrected chi connectivity index (χ1v) is 9.58. The number of nitrogens with one attached hydrogen (secondary N) is 2. The van der Waals surface area contributed by atoms with E-state index in [1.807, 2.05) is 24.9 Å². The zero-order valence-electron chi connectivity index (χ0n) is 15.1. The van der Waals surface area contributed by atoms with Gasteiger partial charge in [-0.2, -0.15) is 11.8 Å². The van der Waals surface area contributed by atoms with Gasteiger partial charge >= 0.3 is 0 Å². The normalized spacial score (nSPS) is 20.4. The van der Waals surface area contributed by atoms with Crippen molar-refractivity contribution in [2.75, 3.05) is 27.0 Å². The molecule has 2 N–H and O–H groups in total. The Hall–Kier alpha value is -0.630. The van der Waals surface area contributed by atoms with Gasteiger partial charge < -0.3 is 15.4 Å². The molecule has 2 atom stereocenters. The van der Waals surface area contributed by atoms with Crippen molar-refractivity contribution in [2.24, 2.45) is 4.99 Å². The minimum atomic E-state index is 0. The molecule has 1 saturated carbocycles. The van der Waals surface area contributed by atoms with E-state index in [1.54, 1.807) is 7.11 Å². The van der Waals surface area contributed by atoms with Crippen molar-refractivity contribution in [3.8, 4) is 5.75 Å². The maximum Gasteiger partial charge on any atom is 0.191 e. The summed E-state index contributed by atoms with van der Waals surface area (Å²) < 4.78 is 5.44. The number of methoxy groups -OCH3 is 1. The number of ether oxygens (including phenoxy) is 1. The van der Waals surface area contributed by atoms with Crippen LogP contribution in [0.2, 0.25) is 0 Å². The lowest BCUT2D eigenvalue weighted by atomic mass is 10.1. The Balaban J connectivity index is 0.00000288. The molecular weight excluding hydrogens is 433 g/mol. The number of hydrogen-bond acceptors (Lipinski definition) is 3. The first-order chi connectivity index (χ1) is 11.2. The molecule has 0 aromatic heterocycles. The van der Waals surface area contributed by atoms with E-state index >= 15 is 0 Å². The van der Waals surface area contributed by atoms with Gasteiger partial charge in [-0.1, -0.05) is 17.7 Å². The lowest BCUT2D eigenvalue weighted by Crippen LogP contribution is -2.43. The van der Waals surface area contributed by atoms with Crippen LogP contribution in [0.5, 0.6) is 5.75 Å². The number of aliphatic imine (C=N–C) groups is 1. The van der Waals surface area contributed by atoms with E-state index in [-0.39, 0.29) is 24.0 Å². The monoisotopic (exact) mass is 463 g/mol. The highest BCUT2D eigenvalue weighted by molar-refractivity contribution is 14.0. The molecule has 0 saturated heterocycles. The number of aryl methyl sites for hydroxylation is 1. The standard InChI is InChI=1S/C18H29N3OS.HI/c1-13-5-8-17(22-3)14(11-13)9-10-20-18(19-2)21-15-6-7-16(12-15)23-4;/h5,8,11,15-16H,6-7,9-10,12H2,1-4H3,(H2,19,20,21);1H. The maximum absolute atomic E-state index is 5.44. The van der Waals surface area contributed by atoms with Crippen molar-refractivity contribution < 1.29 is 4.74 Å². The number of hydrogen-bond donors (Lipinski definition) is 2. The Labute approximate surface area is 167 Å². The van der Waals surface area contributed by atoms with Crippen molar-refractivity contribution in [2.45, 2.75) is 43.9 Å². The Morgan fingerprint density at radius 1 is 1.38 bits per heavy atom. The van der Waals surface area contributed by atoms with E-state index in [0.29, 0.717) is 6.04 Å². The van der Waals surface area contributed by atoms with E-state index in [4.69, 9.17) is 4.74 Å². The predicted octanol–water partition coefficient (Wildman–Crippen LogP) is 3.61.